The molecule has 158 valence electrons. The number of carbonyl (C=O) groups is 3. The van der Waals surface area contributed by atoms with Gasteiger partial charge in [-0.2, -0.15) is 0 Å². The topological polar surface area (TPSA) is 105 Å². The van der Waals surface area contributed by atoms with Gasteiger partial charge in [0.25, 0.3) is 0 Å². The number of hydrogen-bond acceptors (Lipinski definition) is 4. The summed E-state index contributed by atoms with van der Waals surface area (Å²) in [5, 5.41) is 6.00. The molecule has 1 heterocycles. The molecule has 0 aromatic heterocycles. The second kappa shape index (κ2) is 9.87. The van der Waals surface area contributed by atoms with Gasteiger partial charge in [-0.1, -0.05) is 37.6 Å². The lowest BCUT2D eigenvalue weighted by Crippen LogP contribution is -2.51. The molecule has 1 saturated heterocycles. The monoisotopic (exact) mass is 400 g/mol. The second-order valence-corrected chi connectivity index (χ2v) is 8.15. The summed E-state index contributed by atoms with van der Waals surface area (Å²) in [7, 11) is 0. The molecule has 1 aliphatic heterocycles. The third kappa shape index (κ3) is 5.35. The average molecular weight is 401 g/mol. The number of fused-ring (bicyclic) bond motifs is 1. The molecule has 29 heavy (non-hydrogen) atoms. The molecule has 2 aliphatic rings. The third-order valence-electron chi connectivity index (χ3n) is 6.02. The number of nitrogens with zero attached hydrogens (tertiary/aromatic N) is 1. The highest BCUT2D eigenvalue weighted by atomic mass is 16.2. The summed E-state index contributed by atoms with van der Waals surface area (Å²) in [6.07, 6.45) is 5.31. The number of hydrogen-bond donors (Lipinski definition) is 3. The van der Waals surface area contributed by atoms with Gasteiger partial charge in [0.2, 0.25) is 17.7 Å². The Morgan fingerprint density at radius 2 is 2.00 bits per heavy atom. The molecule has 7 heteroatoms. The zero-order chi connectivity index (χ0) is 20.8. The number of benzene rings is 1. The molecule has 0 bridgehead atoms. The Kier molecular flexibility index (Phi) is 7.25. The molecule has 4 N–H and O–H groups in total. The van der Waals surface area contributed by atoms with E-state index in [9.17, 15) is 14.4 Å². The van der Waals surface area contributed by atoms with E-state index in [1.807, 2.05) is 6.92 Å². The van der Waals surface area contributed by atoms with Crippen molar-refractivity contribution < 1.29 is 14.4 Å². The van der Waals surface area contributed by atoms with Crippen LogP contribution in [0.3, 0.4) is 0 Å². The Balaban J connectivity index is 1.53. The average Bonchev–Trinajstić information content (AvgIpc) is 3.08. The van der Waals surface area contributed by atoms with Crippen molar-refractivity contribution in [2.75, 3.05) is 19.6 Å². The first-order valence-electron chi connectivity index (χ1n) is 10.7. The third-order valence-corrected chi connectivity index (χ3v) is 6.02. The van der Waals surface area contributed by atoms with Crippen LogP contribution in [0.1, 0.15) is 43.7 Å². The number of primary amides is 1. The van der Waals surface area contributed by atoms with Crippen LogP contribution < -0.4 is 16.4 Å². The van der Waals surface area contributed by atoms with E-state index in [0.29, 0.717) is 25.3 Å². The summed E-state index contributed by atoms with van der Waals surface area (Å²) in [6, 6.07) is 7.80. The Hall–Kier alpha value is -2.41. The lowest BCUT2D eigenvalue weighted by atomic mass is 9.84. The summed E-state index contributed by atoms with van der Waals surface area (Å²) in [4.78, 5) is 38.0. The van der Waals surface area contributed by atoms with Crippen LogP contribution in [-0.2, 0) is 27.2 Å². The largest absolute Gasteiger partial charge is 0.368 e. The lowest BCUT2D eigenvalue weighted by Gasteiger charge is -2.28. The van der Waals surface area contributed by atoms with E-state index in [1.54, 1.807) is 4.90 Å². The molecule has 1 aliphatic carbocycles. The van der Waals surface area contributed by atoms with E-state index in [-0.39, 0.29) is 24.4 Å². The summed E-state index contributed by atoms with van der Waals surface area (Å²) >= 11 is 0. The normalized spacial score (nSPS) is 22.2. The maximum atomic E-state index is 12.9. The van der Waals surface area contributed by atoms with Crippen LogP contribution in [-0.4, -0.2) is 54.3 Å². The summed E-state index contributed by atoms with van der Waals surface area (Å²) in [5.41, 5.74) is 7.97. The molecule has 0 saturated carbocycles. The van der Waals surface area contributed by atoms with Crippen molar-refractivity contribution in [3.63, 3.8) is 0 Å². The molecular formula is C22H32N4O3. The van der Waals surface area contributed by atoms with Gasteiger partial charge in [-0.05, 0) is 55.7 Å². The molecule has 7 nitrogen and oxygen atoms in total. The minimum absolute atomic E-state index is 0.0196. The van der Waals surface area contributed by atoms with Crippen molar-refractivity contribution in [2.24, 2.45) is 11.7 Å². The maximum Gasteiger partial charge on any atom is 0.243 e. The van der Waals surface area contributed by atoms with Gasteiger partial charge >= 0.3 is 0 Å². The van der Waals surface area contributed by atoms with Crippen LogP contribution in [0.4, 0.5) is 0 Å². The first-order valence-corrected chi connectivity index (χ1v) is 10.7. The molecular weight excluding hydrogens is 368 g/mol. The number of aryl methyl sites for hydroxylation is 1. The molecule has 3 atom stereocenters. The van der Waals surface area contributed by atoms with Gasteiger partial charge < -0.3 is 21.3 Å². The fourth-order valence-corrected chi connectivity index (χ4v) is 4.45. The fourth-order valence-electron chi connectivity index (χ4n) is 4.45. The summed E-state index contributed by atoms with van der Waals surface area (Å²) in [5.74, 6) is -0.385. The van der Waals surface area contributed by atoms with Crippen LogP contribution >= 0.6 is 0 Å². The lowest BCUT2D eigenvalue weighted by molar-refractivity contribution is -0.139. The SMILES string of the molecule is CCC[C@@H](C(=O)NCC(N)=O)N1CC[C@@H](NCC2CCc3ccccc3C2)C1=O. The van der Waals surface area contributed by atoms with E-state index in [0.717, 1.165) is 32.2 Å². The van der Waals surface area contributed by atoms with E-state index in [1.165, 1.54) is 11.1 Å². The standard InChI is InChI=1S/C22H32N4O3/c1-2-5-19(21(28)25-14-20(23)27)26-11-10-18(22(26)29)24-13-15-8-9-16-6-3-4-7-17(16)12-15/h3-4,6-7,15,18-19,24H,2,5,8-14H2,1H3,(H2,23,27)(H,25,28)/t15?,18-,19+/m1/s1. The fraction of sp³-hybridized carbons (Fsp3) is 0.591. The van der Waals surface area contributed by atoms with Gasteiger partial charge in [-0.25, -0.2) is 0 Å². The van der Waals surface area contributed by atoms with Crippen LogP contribution in [0, 0.1) is 5.92 Å². The van der Waals surface area contributed by atoms with Gasteiger partial charge in [0.1, 0.15) is 6.04 Å². The quantitative estimate of drug-likeness (QED) is 0.569. The van der Waals surface area contributed by atoms with Crippen molar-refractivity contribution in [3.8, 4) is 0 Å². The zero-order valence-corrected chi connectivity index (χ0v) is 17.2. The molecule has 1 aromatic carbocycles. The number of carbonyl (C=O) groups excluding carboxylic acids is 3. The molecule has 3 rings (SSSR count). The van der Waals surface area contributed by atoms with Gasteiger partial charge in [-0.3, -0.25) is 14.4 Å². The van der Waals surface area contributed by atoms with Crippen molar-refractivity contribution in [1.82, 2.24) is 15.5 Å². The van der Waals surface area contributed by atoms with Crippen LogP contribution in [0.15, 0.2) is 24.3 Å². The van der Waals surface area contributed by atoms with Crippen LogP contribution in [0.25, 0.3) is 0 Å². The number of amides is 3. The highest BCUT2D eigenvalue weighted by Crippen LogP contribution is 2.25. The number of nitrogens with two attached hydrogens (primary N) is 1. The van der Waals surface area contributed by atoms with E-state index in [4.69, 9.17) is 5.73 Å². The Morgan fingerprint density at radius 1 is 1.24 bits per heavy atom. The number of likely N-dealkylation sites (tertiary alicyclic amines) is 1. The second-order valence-electron chi connectivity index (χ2n) is 8.15. The van der Waals surface area contributed by atoms with Crippen molar-refractivity contribution in [3.05, 3.63) is 35.4 Å². The molecule has 0 radical (unpaired) electrons. The number of nitrogens with one attached hydrogen (secondary N) is 2. The number of rotatable bonds is 9. The molecule has 1 unspecified atom stereocenters. The van der Waals surface area contributed by atoms with Crippen molar-refractivity contribution in [1.29, 1.82) is 0 Å². The predicted octanol–water partition coefficient (Wildman–Crippen LogP) is 0.752. The van der Waals surface area contributed by atoms with Gasteiger partial charge in [-0.15, -0.1) is 0 Å². The van der Waals surface area contributed by atoms with Crippen molar-refractivity contribution >= 4 is 17.7 Å². The molecule has 0 spiro atoms. The molecule has 1 aromatic rings. The molecule has 3 amide bonds. The predicted molar refractivity (Wildman–Crippen MR) is 111 cm³/mol. The van der Waals surface area contributed by atoms with E-state index < -0.39 is 11.9 Å². The Bertz CT molecular complexity index is 751. The van der Waals surface area contributed by atoms with Gasteiger partial charge in [0, 0.05) is 6.54 Å². The Labute approximate surface area is 172 Å². The Morgan fingerprint density at radius 3 is 2.72 bits per heavy atom. The van der Waals surface area contributed by atoms with Crippen molar-refractivity contribution in [2.45, 2.75) is 57.5 Å². The minimum atomic E-state index is -0.588. The molecule has 1 fully saturated rings. The maximum absolute atomic E-state index is 12.9. The van der Waals surface area contributed by atoms with Gasteiger partial charge in [0.05, 0.1) is 12.6 Å². The first-order chi connectivity index (χ1) is 14.0. The highest BCUT2D eigenvalue weighted by molar-refractivity contribution is 5.92. The van der Waals surface area contributed by atoms with Crippen LogP contribution in [0.5, 0.6) is 0 Å². The first kappa shape index (κ1) is 21.3. The minimum Gasteiger partial charge on any atom is -0.368 e. The summed E-state index contributed by atoms with van der Waals surface area (Å²) < 4.78 is 0. The smallest absolute Gasteiger partial charge is 0.243 e. The van der Waals surface area contributed by atoms with Crippen LogP contribution in [0.2, 0.25) is 0 Å². The zero-order valence-electron chi connectivity index (χ0n) is 17.2. The van der Waals surface area contributed by atoms with Gasteiger partial charge in [0.15, 0.2) is 0 Å². The highest BCUT2D eigenvalue weighted by Gasteiger charge is 2.38. The summed E-state index contributed by atoms with van der Waals surface area (Å²) in [6.45, 7) is 3.14. The van der Waals surface area contributed by atoms with E-state index >= 15 is 0 Å². The van der Waals surface area contributed by atoms with E-state index in [2.05, 4.69) is 34.9 Å².